The summed E-state index contributed by atoms with van der Waals surface area (Å²) in [7, 11) is 4.85. The van der Waals surface area contributed by atoms with E-state index >= 15 is 0 Å². The van der Waals surface area contributed by atoms with Gasteiger partial charge < -0.3 is 25.2 Å². The second-order valence-electron chi connectivity index (χ2n) is 5.24. The van der Waals surface area contributed by atoms with Crippen LogP contribution >= 0.6 is 24.0 Å². The normalized spacial score (nSPS) is 10.7. The minimum absolute atomic E-state index is 0. The highest BCUT2D eigenvalue weighted by atomic mass is 127. The third kappa shape index (κ3) is 5.94. The Balaban J connectivity index is 0.00000338. The monoisotopic (exact) mass is 475 g/mol. The summed E-state index contributed by atoms with van der Waals surface area (Å²) < 4.78 is 23.9. The van der Waals surface area contributed by atoms with E-state index < -0.39 is 5.82 Å². The molecule has 26 heavy (non-hydrogen) atoms. The Kier molecular flexibility index (Phi) is 8.97. The number of rotatable bonds is 6. The number of nitrogens with one attached hydrogen (secondary N) is 2. The Labute approximate surface area is 169 Å². The van der Waals surface area contributed by atoms with Gasteiger partial charge in [-0.1, -0.05) is 6.07 Å². The highest BCUT2D eigenvalue weighted by Crippen LogP contribution is 2.24. The van der Waals surface area contributed by atoms with Gasteiger partial charge in [-0.2, -0.15) is 0 Å². The second kappa shape index (κ2) is 10.7. The van der Waals surface area contributed by atoms with Crippen LogP contribution in [-0.2, 0) is 13.1 Å². The standard InChI is InChI=1S/C18H22FN3O3.HI/c1-20-18(21-10-12-4-7-16(23)15(19)8-12)22-11-13-5-6-14(24-2)9-17(13)25-3;/h4-9,23H,10-11H2,1-3H3,(H2,20,21,22);1H. The molecule has 2 rings (SSSR count). The fourth-order valence-electron chi connectivity index (χ4n) is 2.24. The zero-order valence-electron chi connectivity index (χ0n) is 14.9. The van der Waals surface area contributed by atoms with Gasteiger partial charge in [0.15, 0.2) is 17.5 Å². The molecule has 0 radical (unpaired) electrons. The minimum atomic E-state index is -0.648. The van der Waals surface area contributed by atoms with E-state index in [1.165, 1.54) is 12.1 Å². The number of hydrogen-bond donors (Lipinski definition) is 3. The van der Waals surface area contributed by atoms with Gasteiger partial charge in [-0.3, -0.25) is 4.99 Å². The molecule has 0 saturated carbocycles. The molecule has 0 heterocycles. The number of nitrogens with zero attached hydrogens (tertiary/aromatic N) is 1. The fourth-order valence-corrected chi connectivity index (χ4v) is 2.24. The van der Waals surface area contributed by atoms with Gasteiger partial charge in [-0.05, 0) is 29.8 Å². The molecule has 0 saturated heterocycles. The molecule has 2 aromatic rings. The highest BCUT2D eigenvalue weighted by molar-refractivity contribution is 14.0. The first kappa shape index (κ1) is 21.8. The third-order valence-corrected chi connectivity index (χ3v) is 3.64. The summed E-state index contributed by atoms with van der Waals surface area (Å²) in [5.41, 5.74) is 1.64. The topological polar surface area (TPSA) is 75.1 Å². The summed E-state index contributed by atoms with van der Waals surface area (Å²) in [6, 6.07) is 9.83. The van der Waals surface area contributed by atoms with Gasteiger partial charge in [0, 0.05) is 31.8 Å². The van der Waals surface area contributed by atoms with Crippen LogP contribution in [-0.4, -0.2) is 32.3 Å². The Morgan fingerprint density at radius 2 is 1.81 bits per heavy atom. The van der Waals surface area contributed by atoms with Crippen LogP contribution in [0.1, 0.15) is 11.1 Å². The van der Waals surface area contributed by atoms with Gasteiger partial charge >= 0.3 is 0 Å². The van der Waals surface area contributed by atoms with Crippen molar-refractivity contribution in [1.29, 1.82) is 0 Å². The van der Waals surface area contributed by atoms with Crippen molar-refractivity contribution in [2.45, 2.75) is 13.1 Å². The molecule has 142 valence electrons. The molecule has 0 aliphatic heterocycles. The largest absolute Gasteiger partial charge is 0.505 e. The summed E-state index contributed by atoms with van der Waals surface area (Å²) in [6.07, 6.45) is 0. The first-order chi connectivity index (χ1) is 12.1. The van der Waals surface area contributed by atoms with Crippen molar-refractivity contribution in [3.05, 3.63) is 53.3 Å². The van der Waals surface area contributed by atoms with Crippen LogP contribution in [0.15, 0.2) is 41.4 Å². The van der Waals surface area contributed by atoms with Crippen LogP contribution < -0.4 is 20.1 Å². The number of phenols is 1. The van der Waals surface area contributed by atoms with Gasteiger partial charge in [-0.25, -0.2) is 4.39 Å². The van der Waals surface area contributed by atoms with Crippen LogP contribution in [0.5, 0.6) is 17.2 Å². The fraction of sp³-hybridized carbons (Fsp3) is 0.278. The first-order valence-electron chi connectivity index (χ1n) is 7.70. The Morgan fingerprint density at radius 3 is 2.42 bits per heavy atom. The van der Waals surface area contributed by atoms with E-state index in [0.29, 0.717) is 30.4 Å². The van der Waals surface area contributed by atoms with Crippen molar-refractivity contribution >= 4 is 29.9 Å². The van der Waals surface area contributed by atoms with Gasteiger partial charge in [0.2, 0.25) is 0 Å². The zero-order chi connectivity index (χ0) is 18.2. The van der Waals surface area contributed by atoms with Gasteiger partial charge in [0.05, 0.1) is 14.2 Å². The number of aliphatic imine (C=N–C) groups is 1. The van der Waals surface area contributed by atoms with E-state index in [-0.39, 0.29) is 29.7 Å². The van der Waals surface area contributed by atoms with Crippen molar-refractivity contribution in [3.63, 3.8) is 0 Å². The van der Waals surface area contributed by atoms with Crippen molar-refractivity contribution in [2.75, 3.05) is 21.3 Å². The highest BCUT2D eigenvalue weighted by Gasteiger charge is 2.07. The zero-order valence-corrected chi connectivity index (χ0v) is 17.2. The molecule has 0 unspecified atom stereocenters. The van der Waals surface area contributed by atoms with Crippen LogP contribution in [0.3, 0.4) is 0 Å². The number of phenolic OH excluding ortho intramolecular Hbond substituents is 1. The lowest BCUT2D eigenvalue weighted by atomic mass is 10.2. The number of guanidine groups is 1. The number of halogens is 2. The molecule has 8 heteroatoms. The Morgan fingerprint density at radius 1 is 1.08 bits per heavy atom. The maximum Gasteiger partial charge on any atom is 0.191 e. The Hall–Kier alpha value is -2.23. The lowest BCUT2D eigenvalue weighted by Gasteiger charge is -2.14. The second-order valence-corrected chi connectivity index (χ2v) is 5.24. The van der Waals surface area contributed by atoms with Crippen LogP contribution in [0.25, 0.3) is 0 Å². The molecular weight excluding hydrogens is 452 g/mol. The molecule has 6 nitrogen and oxygen atoms in total. The molecule has 3 N–H and O–H groups in total. The van der Waals surface area contributed by atoms with Gasteiger partial charge in [-0.15, -0.1) is 24.0 Å². The van der Waals surface area contributed by atoms with E-state index in [0.717, 1.165) is 11.3 Å². The predicted molar refractivity (Wildman–Crippen MR) is 110 cm³/mol. The average Bonchev–Trinajstić information content (AvgIpc) is 2.64. The van der Waals surface area contributed by atoms with E-state index in [2.05, 4.69) is 15.6 Å². The lowest BCUT2D eigenvalue weighted by molar-refractivity contribution is 0.390. The lowest BCUT2D eigenvalue weighted by Crippen LogP contribution is -2.36. The maximum absolute atomic E-state index is 13.4. The molecule has 0 aliphatic rings. The summed E-state index contributed by atoms with van der Waals surface area (Å²) in [6.45, 7) is 0.868. The van der Waals surface area contributed by atoms with Gasteiger partial charge in [0.1, 0.15) is 11.5 Å². The first-order valence-corrected chi connectivity index (χ1v) is 7.70. The van der Waals surface area contributed by atoms with Crippen molar-refractivity contribution in [3.8, 4) is 17.2 Å². The van der Waals surface area contributed by atoms with E-state index in [1.54, 1.807) is 27.3 Å². The van der Waals surface area contributed by atoms with Crippen molar-refractivity contribution in [1.82, 2.24) is 10.6 Å². The molecular formula is C18H23FIN3O3. The summed E-state index contributed by atoms with van der Waals surface area (Å²) in [5.74, 6) is 0.981. The van der Waals surface area contributed by atoms with Crippen molar-refractivity contribution in [2.24, 2.45) is 4.99 Å². The van der Waals surface area contributed by atoms with Gasteiger partial charge in [0.25, 0.3) is 0 Å². The predicted octanol–water partition coefficient (Wildman–Crippen LogP) is 3.03. The van der Waals surface area contributed by atoms with E-state index in [1.807, 2.05) is 18.2 Å². The number of aromatic hydroxyl groups is 1. The summed E-state index contributed by atoms with van der Waals surface area (Å²) >= 11 is 0. The average molecular weight is 475 g/mol. The SMILES string of the molecule is CN=C(NCc1ccc(O)c(F)c1)NCc1ccc(OC)cc1OC.I. The summed E-state index contributed by atoms with van der Waals surface area (Å²) in [5, 5.41) is 15.5. The van der Waals surface area contributed by atoms with E-state index in [9.17, 15) is 9.50 Å². The maximum atomic E-state index is 13.4. The molecule has 0 fully saturated rings. The smallest absolute Gasteiger partial charge is 0.191 e. The number of methoxy groups -OCH3 is 2. The molecule has 2 aromatic carbocycles. The minimum Gasteiger partial charge on any atom is -0.505 e. The van der Waals surface area contributed by atoms with Crippen LogP contribution in [0, 0.1) is 5.82 Å². The summed E-state index contributed by atoms with van der Waals surface area (Å²) in [4.78, 5) is 4.13. The number of hydrogen-bond acceptors (Lipinski definition) is 4. The van der Waals surface area contributed by atoms with Crippen LogP contribution in [0.2, 0.25) is 0 Å². The number of ether oxygens (including phenoxy) is 2. The number of benzene rings is 2. The molecule has 0 aromatic heterocycles. The third-order valence-electron chi connectivity index (χ3n) is 3.64. The quantitative estimate of drug-likeness (QED) is 0.341. The molecule has 0 aliphatic carbocycles. The van der Waals surface area contributed by atoms with Crippen LogP contribution in [0.4, 0.5) is 4.39 Å². The van der Waals surface area contributed by atoms with Crippen molar-refractivity contribution < 1.29 is 19.0 Å². The Bertz CT molecular complexity index is 756. The molecule has 0 bridgehead atoms. The molecule has 0 atom stereocenters. The molecule has 0 spiro atoms. The molecule has 0 amide bonds. The van der Waals surface area contributed by atoms with E-state index in [4.69, 9.17) is 9.47 Å².